The van der Waals surface area contributed by atoms with Crippen molar-refractivity contribution in [1.29, 1.82) is 0 Å². The van der Waals surface area contributed by atoms with Crippen LogP contribution < -0.4 is 11.1 Å². The van der Waals surface area contributed by atoms with Gasteiger partial charge in [0.2, 0.25) is 5.91 Å². The fourth-order valence-electron chi connectivity index (χ4n) is 3.74. The molecule has 114 valence electrons. The summed E-state index contributed by atoms with van der Waals surface area (Å²) >= 11 is 5.94. The Bertz CT molecular complexity index is 491. The topological polar surface area (TPSA) is 58.4 Å². The van der Waals surface area contributed by atoms with Crippen molar-refractivity contribution in [2.24, 2.45) is 5.73 Å². The van der Waals surface area contributed by atoms with Gasteiger partial charge in [-0.15, -0.1) is 0 Å². The molecule has 1 aromatic carbocycles. The maximum Gasteiger partial charge on any atom is 0.231 e. The van der Waals surface area contributed by atoms with E-state index in [2.05, 4.69) is 22.3 Å². The lowest BCUT2D eigenvalue weighted by atomic mass is 9.96. The number of benzene rings is 1. The smallest absolute Gasteiger partial charge is 0.231 e. The lowest BCUT2D eigenvalue weighted by molar-refractivity contribution is -0.117. The average molecular weight is 308 g/mol. The summed E-state index contributed by atoms with van der Waals surface area (Å²) in [5.74, 6) is -0.272. The normalized spacial score (nSPS) is 28.7. The highest BCUT2D eigenvalue weighted by Gasteiger charge is 2.40. The molecule has 5 heteroatoms. The minimum atomic E-state index is -0.272. The van der Waals surface area contributed by atoms with Crippen LogP contribution in [0.25, 0.3) is 0 Å². The number of rotatable bonds is 5. The predicted octanol–water partition coefficient (Wildman–Crippen LogP) is 1.91. The molecular weight excluding hydrogens is 286 g/mol. The van der Waals surface area contributed by atoms with Gasteiger partial charge in [-0.05, 0) is 43.4 Å². The Kier molecular flexibility index (Phi) is 4.48. The van der Waals surface area contributed by atoms with Crippen LogP contribution >= 0.6 is 11.6 Å². The fraction of sp³-hybridized carbons (Fsp3) is 0.562. The number of nitrogens with zero attached hydrogens (tertiary/aromatic N) is 1. The van der Waals surface area contributed by atoms with Gasteiger partial charge in [-0.1, -0.05) is 23.7 Å². The molecule has 2 bridgehead atoms. The summed E-state index contributed by atoms with van der Waals surface area (Å²) in [5.41, 5.74) is 6.53. The zero-order valence-corrected chi connectivity index (χ0v) is 12.9. The van der Waals surface area contributed by atoms with E-state index < -0.39 is 0 Å². The molecule has 0 saturated carbocycles. The van der Waals surface area contributed by atoms with E-state index in [9.17, 15) is 4.79 Å². The average Bonchev–Trinajstić information content (AvgIpc) is 2.70. The summed E-state index contributed by atoms with van der Waals surface area (Å²) in [6.45, 7) is 1.29. The zero-order valence-electron chi connectivity index (χ0n) is 12.1. The second-order valence-corrected chi connectivity index (χ2v) is 6.64. The van der Waals surface area contributed by atoms with E-state index in [0.29, 0.717) is 24.7 Å². The van der Waals surface area contributed by atoms with E-state index in [1.807, 2.05) is 12.1 Å². The Morgan fingerprint density at radius 1 is 1.24 bits per heavy atom. The minimum Gasteiger partial charge on any atom is -0.369 e. The molecule has 4 nitrogen and oxygen atoms in total. The van der Waals surface area contributed by atoms with E-state index in [-0.39, 0.29) is 5.91 Å². The molecule has 2 heterocycles. The number of carbonyl (C=O) groups excluding carboxylic acids is 1. The van der Waals surface area contributed by atoms with Gasteiger partial charge in [0.05, 0.1) is 6.54 Å². The molecule has 0 aromatic heterocycles. The van der Waals surface area contributed by atoms with E-state index in [0.717, 1.165) is 24.4 Å². The van der Waals surface area contributed by atoms with Crippen molar-refractivity contribution in [3.05, 3.63) is 34.9 Å². The van der Waals surface area contributed by atoms with Crippen LogP contribution in [0.2, 0.25) is 5.02 Å². The molecule has 0 radical (unpaired) electrons. The van der Waals surface area contributed by atoms with Crippen molar-refractivity contribution >= 4 is 17.5 Å². The van der Waals surface area contributed by atoms with Crippen molar-refractivity contribution in [1.82, 2.24) is 10.2 Å². The number of amides is 1. The number of halogens is 1. The fourth-order valence-corrected chi connectivity index (χ4v) is 3.87. The summed E-state index contributed by atoms with van der Waals surface area (Å²) in [6, 6.07) is 9.80. The van der Waals surface area contributed by atoms with E-state index in [1.54, 1.807) is 0 Å². The first-order valence-corrected chi connectivity index (χ1v) is 8.01. The van der Waals surface area contributed by atoms with Gasteiger partial charge in [-0.25, -0.2) is 0 Å². The SMILES string of the molecule is NC(=O)CN[C@H]1C[C@H]2CC[C@@H](C1)N2Cc1ccc(Cl)cc1. The van der Waals surface area contributed by atoms with Crippen LogP contribution in [-0.2, 0) is 11.3 Å². The van der Waals surface area contributed by atoms with Gasteiger partial charge in [-0.3, -0.25) is 9.69 Å². The molecule has 0 unspecified atom stereocenters. The third-order valence-corrected chi connectivity index (χ3v) is 4.98. The molecule has 0 aliphatic carbocycles. The lowest BCUT2D eigenvalue weighted by Gasteiger charge is -2.39. The van der Waals surface area contributed by atoms with Gasteiger partial charge in [0.15, 0.2) is 0 Å². The first-order chi connectivity index (χ1) is 10.1. The first-order valence-electron chi connectivity index (χ1n) is 7.63. The van der Waals surface area contributed by atoms with Gasteiger partial charge in [0.25, 0.3) is 0 Å². The Hall–Kier alpha value is -1.10. The predicted molar refractivity (Wildman–Crippen MR) is 84.0 cm³/mol. The van der Waals surface area contributed by atoms with E-state index >= 15 is 0 Å². The summed E-state index contributed by atoms with van der Waals surface area (Å²) in [6.07, 6.45) is 4.73. The van der Waals surface area contributed by atoms with Gasteiger partial charge >= 0.3 is 0 Å². The molecule has 21 heavy (non-hydrogen) atoms. The molecule has 2 saturated heterocycles. The van der Waals surface area contributed by atoms with Crippen LogP contribution in [-0.4, -0.2) is 35.5 Å². The largest absolute Gasteiger partial charge is 0.369 e. The highest BCUT2D eigenvalue weighted by Crippen LogP contribution is 2.36. The van der Waals surface area contributed by atoms with Crippen molar-refractivity contribution in [3.8, 4) is 0 Å². The molecule has 2 fully saturated rings. The molecule has 0 spiro atoms. The van der Waals surface area contributed by atoms with E-state index in [4.69, 9.17) is 17.3 Å². The Labute approximate surface area is 130 Å². The van der Waals surface area contributed by atoms with Gasteiger partial charge < -0.3 is 11.1 Å². The van der Waals surface area contributed by atoms with Crippen molar-refractivity contribution in [2.75, 3.05) is 6.54 Å². The molecular formula is C16H22ClN3O. The molecule has 2 aliphatic rings. The van der Waals surface area contributed by atoms with Gasteiger partial charge in [0, 0.05) is 29.7 Å². The second-order valence-electron chi connectivity index (χ2n) is 6.20. The molecule has 1 amide bonds. The standard InChI is InChI=1S/C16H22ClN3O/c17-12-3-1-11(2-4-12)10-20-14-5-6-15(20)8-13(7-14)19-9-16(18)21/h1-4,13-15,19H,5-10H2,(H2,18,21)/t13-,14+,15-. The maximum absolute atomic E-state index is 10.9. The number of piperidine rings is 1. The summed E-state index contributed by atoms with van der Waals surface area (Å²) < 4.78 is 0. The van der Waals surface area contributed by atoms with Crippen molar-refractivity contribution in [3.63, 3.8) is 0 Å². The van der Waals surface area contributed by atoms with E-state index in [1.165, 1.54) is 18.4 Å². The number of fused-ring (bicyclic) bond motifs is 2. The number of carbonyl (C=O) groups is 1. The van der Waals surface area contributed by atoms with Gasteiger partial charge in [0.1, 0.15) is 0 Å². The van der Waals surface area contributed by atoms with Crippen molar-refractivity contribution in [2.45, 2.75) is 50.4 Å². The minimum absolute atomic E-state index is 0.272. The summed E-state index contributed by atoms with van der Waals surface area (Å²) in [4.78, 5) is 13.5. The zero-order chi connectivity index (χ0) is 14.8. The molecule has 1 aromatic rings. The molecule has 3 N–H and O–H groups in total. The van der Waals surface area contributed by atoms with Crippen LogP contribution in [0, 0.1) is 0 Å². The summed E-state index contributed by atoms with van der Waals surface area (Å²) in [7, 11) is 0. The molecule has 3 atom stereocenters. The van der Waals surface area contributed by atoms with Crippen molar-refractivity contribution < 1.29 is 4.79 Å². The second kappa shape index (κ2) is 6.34. The highest BCUT2D eigenvalue weighted by molar-refractivity contribution is 6.30. The third kappa shape index (κ3) is 3.57. The number of nitrogens with two attached hydrogens (primary N) is 1. The number of nitrogens with one attached hydrogen (secondary N) is 1. The van der Waals surface area contributed by atoms with Crippen LogP contribution in [0.1, 0.15) is 31.2 Å². The number of hydrogen-bond donors (Lipinski definition) is 2. The summed E-state index contributed by atoms with van der Waals surface area (Å²) in [5, 5.41) is 4.08. The lowest BCUT2D eigenvalue weighted by Crippen LogP contribution is -2.50. The number of primary amides is 1. The number of hydrogen-bond acceptors (Lipinski definition) is 3. The molecule has 3 rings (SSSR count). The van der Waals surface area contributed by atoms with Crippen LogP contribution in [0.4, 0.5) is 0 Å². The maximum atomic E-state index is 10.9. The monoisotopic (exact) mass is 307 g/mol. The third-order valence-electron chi connectivity index (χ3n) is 4.73. The Morgan fingerprint density at radius 2 is 1.86 bits per heavy atom. The molecule has 2 aliphatic heterocycles. The Morgan fingerprint density at radius 3 is 2.43 bits per heavy atom. The van der Waals surface area contributed by atoms with Gasteiger partial charge in [-0.2, -0.15) is 0 Å². The quantitative estimate of drug-likeness (QED) is 0.873. The first kappa shape index (κ1) is 14.8. The van der Waals surface area contributed by atoms with Crippen LogP contribution in [0.15, 0.2) is 24.3 Å². The Balaban J connectivity index is 1.59. The highest BCUT2D eigenvalue weighted by atomic mass is 35.5. The van der Waals surface area contributed by atoms with Crippen LogP contribution in [0.3, 0.4) is 0 Å². The van der Waals surface area contributed by atoms with Crippen LogP contribution in [0.5, 0.6) is 0 Å².